The summed E-state index contributed by atoms with van der Waals surface area (Å²) in [4.78, 5) is 11.9. The van der Waals surface area contributed by atoms with Gasteiger partial charge in [-0.25, -0.2) is 0 Å². The maximum absolute atomic E-state index is 11.9. The van der Waals surface area contributed by atoms with Gasteiger partial charge in [0.1, 0.15) is 0 Å². The second-order valence-electron chi connectivity index (χ2n) is 3.25. The Morgan fingerprint density at radius 1 is 1.07 bits per heavy atom. The third-order valence-electron chi connectivity index (χ3n) is 2.28. The van der Waals surface area contributed by atoms with Crippen LogP contribution >= 0.6 is 0 Å². The van der Waals surface area contributed by atoms with Crippen LogP contribution in [0.5, 0.6) is 0 Å². The number of rotatable bonds is 2. The largest absolute Gasteiger partial charge is 0.326 e. The van der Waals surface area contributed by atoms with Crippen molar-refractivity contribution in [3.63, 3.8) is 0 Å². The van der Waals surface area contributed by atoms with Crippen molar-refractivity contribution in [1.82, 2.24) is 4.57 Å². The number of hydrogen-bond donors (Lipinski definition) is 1. The Morgan fingerprint density at radius 2 is 1.80 bits per heavy atom. The fourth-order valence-corrected chi connectivity index (χ4v) is 1.49. The van der Waals surface area contributed by atoms with Crippen LogP contribution in [0.4, 0.5) is 0 Å². The van der Waals surface area contributed by atoms with Gasteiger partial charge in [0, 0.05) is 24.0 Å². The first-order valence-corrected chi connectivity index (χ1v) is 4.79. The maximum atomic E-state index is 11.9. The minimum atomic E-state index is -0.0498. The van der Waals surface area contributed by atoms with Gasteiger partial charge in [0.15, 0.2) is 0 Å². The van der Waals surface area contributed by atoms with Crippen LogP contribution in [0, 0.1) is 0 Å². The van der Waals surface area contributed by atoms with Crippen LogP contribution in [0.1, 0.15) is 5.56 Å². The summed E-state index contributed by atoms with van der Waals surface area (Å²) in [5.74, 6) is 0. The first-order chi connectivity index (χ1) is 7.33. The van der Waals surface area contributed by atoms with Gasteiger partial charge in [-0.3, -0.25) is 9.36 Å². The molecule has 76 valence electrons. The Bertz CT molecular complexity index is 503. The summed E-state index contributed by atoms with van der Waals surface area (Å²) in [6.07, 6.45) is 1.75. The molecule has 2 rings (SSSR count). The summed E-state index contributed by atoms with van der Waals surface area (Å²) in [5.41, 5.74) is 6.92. The lowest BCUT2D eigenvalue weighted by Crippen LogP contribution is -2.23. The molecule has 1 heterocycles. The average molecular weight is 200 g/mol. The molecule has 1 aromatic heterocycles. The van der Waals surface area contributed by atoms with Crippen LogP contribution in [0.3, 0.4) is 0 Å². The topological polar surface area (TPSA) is 48.0 Å². The second-order valence-corrected chi connectivity index (χ2v) is 3.25. The number of aromatic nitrogens is 1. The lowest BCUT2D eigenvalue weighted by atomic mass is 10.2. The summed E-state index contributed by atoms with van der Waals surface area (Å²) in [6, 6.07) is 13.1. The molecule has 0 aliphatic rings. The van der Waals surface area contributed by atoms with Crippen LogP contribution in [0.2, 0.25) is 0 Å². The number of hydrogen-bond acceptors (Lipinski definition) is 2. The molecule has 0 atom stereocenters. The van der Waals surface area contributed by atoms with Crippen LogP contribution in [0.15, 0.2) is 53.5 Å². The zero-order chi connectivity index (χ0) is 10.7. The Kier molecular flexibility index (Phi) is 2.65. The van der Waals surface area contributed by atoms with Crippen LogP contribution < -0.4 is 11.3 Å². The summed E-state index contributed by atoms with van der Waals surface area (Å²) < 4.78 is 1.60. The smallest absolute Gasteiger partial charge is 0.259 e. The van der Waals surface area contributed by atoms with E-state index in [2.05, 4.69) is 0 Å². The first-order valence-electron chi connectivity index (χ1n) is 4.79. The van der Waals surface area contributed by atoms with Crippen LogP contribution in [-0.4, -0.2) is 4.57 Å². The van der Waals surface area contributed by atoms with Gasteiger partial charge in [-0.05, 0) is 18.2 Å². The molecule has 3 heteroatoms. The summed E-state index contributed by atoms with van der Waals surface area (Å²) in [6.45, 7) is 0.270. The highest BCUT2D eigenvalue weighted by Crippen LogP contribution is 2.03. The molecule has 2 N–H and O–H groups in total. The van der Waals surface area contributed by atoms with Crippen molar-refractivity contribution in [2.75, 3.05) is 0 Å². The molecule has 15 heavy (non-hydrogen) atoms. The second kappa shape index (κ2) is 4.11. The minimum Gasteiger partial charge on any atom is -0.326 e. The molecule has 3 nitrogen and oxygen atoms in total. The van der Waals surface area contributed by atoms with Crippen LogP contribution in [0.25, 0.3) is 5.69 Å². The highest BCUT2D eigenvalue weighted by atomic mass is 16.1. The van der Waals surface area contributed by atoms with Gasteiger partial charge in [0.05, 0.1) is 0 Å². The van der Waals surface area contributed by atoms with Crippen molar-refractivity contribution in [2.24, 2.45) is 5.73 Å². The van der Waals surface area contributed by atoms with Gasteiger partial charge in [-0.2, -0.15) is 0 Å². The average Bonchev–Trinajstić information content (AvgIpc) is 2.30. The van der Waals surface area contributed by atoms with Crippen molar-refractivity contribution in [2.45, 2.75) is 6.54 Å². The fraction of sp³-hybridized carbons (Fsp3) is 0.0833. The highest BCUT2D eigenvalue weighted by molar-refractivity contribution is 5.32. The molecule has 0 amide bonds. The number of benzene rings is 1. The lowest BCUT2D eigenvalue weighted by molar-refractivity contribution is 0.925. The molecule has 1 aromatic carbocycles. The molecule has 0 aliphatic heterocycles. The molecule has 0 aliphatic carbocycles. The zero-order valence-electron chi connectivity index (χ0n) is 8.26. The molecule has 2 aromatic rings. The number of pyridine rings is 1. The third-order valence-corrected chi connectivity index (χ3v) is 2.28. The SMILES string of the molecule is NCc1cccn(-c2ccccc2)c1=O. The molecule has 0 spiro atoms. The molecule has 0 bridgehead atoms. The van der Waals surface area contributed by atoms with E-state index in [1.165, 1.54) is 0 Å². The van der Waals surface area contributed by atoms with Gasteiger partial charge in [0.2, 0.25) is 0 Å². The first kappa shape index (κ1) is 9.68. The van der Waals surface area contributed by atoms with Gasteiger partial charge >= 0.3 is 0 Å². The normalized spacial score (nSPS) is 10.2. The predicted molar refractivity (Wildman–Crippen MR) is 59.9 cm³/mol. The Hall–Kier alpha value is -1.87. The van der Waals surface area contributed by atoms with E-state index in [-0.39, 0.29) is 12.1 Å². The molecular weight excluding hydrogens is 188 g/mol. The molecule has 0 radical (unpaired) electrons. The molecule has 0 saturated heterocycles. The summed E-state index contributed by atoms with van der Waals surface area (Å²) in [7, 11) is 0. The van der Waals surface area contributed by atoms with E-state index >= 15 is 0 Å². The molecule has 0 saturated carbocycles. The number of nitrogens with zero attached hydrogens (tertiary/aromatic N) is 1. The van der Waals surface area contributed by atoms with E-state index < -0.39 is 0 Å². The van der Waals surface area contributed by atoms with Gasteiger partial charge in [-0.15, -0.1) is 0 Å². The predicted octanol–water partition coefficient (Wildman–Crippen LogP) is 1.30. The number of nitrogens with two attached hydrogens (primary N) is 1. The van der Waals surface area contributed by atoms with E-state index in [4.69, 9.17) is 5.73 Å². The van der Waals surface area contributed by atoms with Crippen molar-refractivity contribution >= 4 is 0 Å². The standard InChI is InChI=1S/C12H12N2O/c13-9-10-5-4-8-14(12(10)15)11-6-2-1-3-7-11/h1-8H,9,13H2. The minimum absolute atomic E-state index is 0.0498. The quantitative estimate of drug-likeness (QED) is 0.794. The highest BCUT2D eigenvalue weighted by Gasteiger charge is 2.01. The Labute approximate surface area is 87.8 Å². The maximum Gasteiger partial charge on any atom is 0.259 e. The third kappa shape index (κ3) is 1.82. The van der Waals surface area contributed by atoms with Crippen LogP contribution in [-0.2, 0) is 6.54 Å². The molecule has 0 unspecified atom stereocenters. The molecule has 0 fully saturated rings. The molecular formula is C12H12N2O. The fourth-order valence-electron chi connectivity index (χ4n) is 1.49. The Morgan fingerprint density at radius 3 is 2.47 bits per heavy atom. The van der Waals surface area contributed by atoms with E-state index in [0.717, 1.165) is 5.69 Å². The van der Waals surface area contributed by atoms with E-state index in [9.17, 15) is 4.79 Å². The zero-order valence-corrected chi connectivity index (χ0v) is 8.26. The summed E-state index contributed by atoms with van der Waals surface area (Å²) in [5, 5.41) is 0. The van der Waals surface area contributed by atoms with Crippen molar-refractivity contribution in [3.05, 3.63) is 64.6 Å². The van der Waals surface area contributed by atoms with Gasteiger partial charge < -0.3 is 5.73 Å². The summed E-state index contributed by atoms with van der Waals surface area (Å²) >= 11 is 0. The van der Waals surface area contributed by atoms with Crippen molar-refractivity contribution < 1.29 is 0 Å². The van der Waals surface area contributed by atoms with E-state index in [1.807, 2.05) is 36.4 Å². The van der Waals surface area contributed by atoms with E-state index in [1.54, 1.807) is 16.8 Å². The van der Waals surface area contributed by atoms with Crippen molar-refractivity contribution in [1.29, 1.82) is 0 Å². The monoisotopic (exact) mass is 200 g/mol. The Balaban J connectivity index is 2.60. The van der Waals surface area contributed by atoms with Gasteiger partial charge in [-0.1, -0.05) is 24.3 Å². The van der Waals surface area contributed by atoms with Crippen molar-refractivity contribution in [3.8, 4) is 5.69 Å². The number of para-hydroxylation sites is 1. The van der Waals surface area contributed by atoms with E-state index in [0.29, 0.717) is 5.56 Å². The lowest BCUT2D eigenvalue weighted by Gasteiger charge is -2.06. The van der Waals surface area contributed by atoms with Gasteiger partial charge in [0.25, 0.3) is 5.56 Å².